The fraction of sp³-hybridized carbons (Fsp3) is 0.333. The second-order valence-electron chi connectivity index (χ2n) is 2.64. The van der Waals surface area contributed by atoms with Crippen LogP contribution in [-0.4, -0.2) is 13.3 Å². The van der Waals surface area contributed by atoms with Gasteiger partial charge in [0.05, 0.1) is 12.9 Å². The minimum atomic E-state index is -0.712. The lowest BCUT2D eigenvalue weighted by atomic mass is 10.2. The van der Waals surface area contributed by atoms with E-state index in [0.717, 1.165) is 19.3 Å². The third-order valence-electron chi connectivity index (χ3n) is 1.49. The zero-order valence-electron chi connectivity index (χ0n) is 8.83. The van der Waals surface area contributed by atoms with E-state index >= 15 is 0 Å². The highest BCUT2D eigenvalue weighted by molar-refractivity contribution is 5.13. The Morgan fingerprint density at radius 2 is 1.93 bits per heavy atom. The summed E-state index contributed by atoms with van der Waals surface area (Å²) in [7, 11) is 0. The van der Waals surface area contributed by atoms with Gasteiger partial charge >= 0.3 is 0 Å². The summed E-state index contributed by atoms with van der Waals surface area (Å²) >= 11 is 0. The summed E-state index contributed by atoms with van der Waals surface area (Å²) in [6, 6.07) is 10.2. The molecule has 0 fully saturated rings. The van der Waals surface area contributed by atoms with E-state index in [2.05, 4.69) is 12.1 Å². The first-order valence-corrected chi connectivity index (χ1v) is 4.78. The van der Waals surface area contributed by atoms with Gasteiger partial charge in [-0.05, 0) is 18.6 Å². The minimum Gasteiger partial charge on any atom is -0.377 e. The maximum Gasteiger partial charge on any atom is 0.110 e. The van der Waals surface area contributed by atoms with Crippen molar-refractivity contribution in [2.75, 3.05) is 13.3 Å². The molecule has 1 rings (SSSR count). The molecule has 0 saturated heterocycles. The van der Waals surface area contributed by atoms with Crippen molar-refractivity contribution in [1.29, 1.82) is 0 Å². The lowest BCUT2D eigenvalue weighted by molar-refractivity contribution is 0.134. The molecule has 0 spiro atoms. The van der Waals surface area contributed by atoms with Gasteiger partial charge in [-0.2, -0.15) is 0 Å². The second kappa shape index (κ2) is 10.9. The summed E-state index contributed by atoms with van der Waals surface area (Å²) in [5.41, 5.74) is 1.24. The molecule has 0 amide bonds. The molecule has 0 unspecified atom stereocenters. The lowest BCUT2D eigenvalue weighted by Crippen LogP contribution is -1.90. The molecule has 0 N–H and O–H groups in total. The average molecular weight is 214 g/mol. The van der Waals surface area contributed by atoms with Gasteiger partial charge in [0.15, 0.2) is 0 Å². The van der Waals surface area contributed by atoms with Crippen molar-refractivity contribution in [3.8, 4) is 0 Å². The van der Waals surface area contributed by atoms with Gasteiger partial charge in [-0.15, -0.1) is 0 Å². The van der Waals surface area contributed by atoms with E-state index in [0.29, 0.717) is 0 Å². The number of rotatable bonds is 4. The van der Waals surface area contributed by atoms with Crippen LogP contribution in [0.2, 0.25) is 0 Å². The van der Waals surface area contributed by atoms with Gasteiger partial charge in [0.1, 0.15) is 6.67 Å². The van der Waals surface area contributed by atoms with Gasteiger partial charge in [-0.25, -0.2) is 8.78 Å². The normalized spacial score (nSPS) is 9.80. The zero-order chi connectivity index (χ0) is 11.4. The predicted octanol–water partition coefficient (Wildman–Crippen LogP) is 3.66. The summed E-state index contributed by atoms with van der Waals surface area (Å²) in [6.45, 7) is 2.81. The minimum absolute atomic E-state index is 0.181. The molecular formula is C12H16F2O. The number of allylic oxidation sites excluding steroid dienone is 1. The van der Waals surface area contributed by atoms with Crippen LogP contribution in [0.5, 0.6) is 0 Å². The molecule has 3 heteroatoms. The number of hydrogen-bond donors (Lipinski definition) is 0. The van der Waals surface area contributed by atoms with Crippen molar-refractivity contribution in [2.45, 2.75) is 13.5 Å². The summed E-state index contributed by atoms with van der Waals surface area (Å²) < 4.78 is 26.5. The highest BCUT2D eigenvalue weighted by atomic mass is 19.1. The van der Waals surface area contributed by atoms with Crippen molar-refractivity contribution < 1.29 is 13.5 Å². The molecule has 0 bridgehead atoms. The van der Waals surface area contributed by atoms with Gasteiger partial charge in [0, 0.05) is 6.61 Å². The lowest BCUT2D eigenvalue weighted by Gasteiger charge is -1.98. The average Bonchev–Trinajstić information content (AvgIpc) is 2.30. The summed E-state index contributed by atoms with van der Waals surface area (Å²) in [5.74, 6) is 0. The summed E-state index contributed by atoms with van der Waals surface area (Å²) in [4.78, 5) is 0. The van der Waals surface area contributed by atoms with Crippen LogP contribution in [-0.2, 0) is 11.3 Å². The Labute approximate surface area is 89.4 Å². The summed E-state index contributed by atoms with van der Waals surface area (Å²) in [5, 5.41) is 0. The number of halogens is 2. The Morgan fingerprint density at radius 1 is 1.27 bits per heavy atom. The van der Waals surface area contributed by atoms with E-state index in [9.17, 15) is 8.78 Å². The molecule has 0 aliphatic heterocycles. The molecule has 0 aliphatic rings. The molecule has 84 valence electrons. The van der Waals surface area contributed by atoms with Crippen LogP contribution in [0.1, 0.15) is 12.5 Å². The molecule has 15 heavy (non-hydrogen) atoms. The first-order chi connectivity index (χ1) is 7.35. The Balaban J connectivity index is 0.000000336. The molecule has 1 aromatic carbocycles. The van der Waals surface area contributed by atoms with Gasteiger partial charge in [-0.1, -0.05) is 30.3 Å². The number of benzene rings is 1. The highest BCUT2D eigenvalue weighted by Crippen LogP contribution is 1.99. The first kappa shape index (κ1) is 13.8. The van der Waals surface area contributed by atoms with Crippen molar-refractivity contribution in [2.24, 2.45) is 0 Å². The fourth-order valence-electron chi connectivity index (χ4n) is 0.828. The third-order valence-corrected chi connectivity index (χ3v) is 1.49. The van der Waals surface area contributed by atoms with Gasteiger partial charge in [-0.3, -0.25) is 0 Å². The van der Waals surface area contributed by atoms with Crippen molar-refractivity contribution in [3.63, 3.8) is 0 Å². The molecular weight excluding hydrogens is 198 g/mol. The van der Waals surface area contributed by atoms with E-state index in [-0.39, 0.29) is 6.33 Å². The Morgan fingerprint density at radius 3 is 2.33 bits per heavy atom. The van der Waals surface area contributed by atoms with Crippen molar-refractivity contribution in [3.05, 3.63) is 48.3 Å². The van der Waals surface area contributed by atoms with Crippen LogP contribution in [0.4, 0.5) is 8.78 Å². The van der Waals surface area contributed by atoms with E-state index in [4.69, 9.17) is 4.74 Å². The van der Waals surface area contributed by atoms with Crippen LogP contribution in [0.25, 0.3) is 0 Å². The molecule has 1 aromatic rings. The van der Waals surface area contributed by atoms with Gasteiger partial charge in [0.25, 0.3) is 0 Å². The van der Waals surface area contributed by atoms with Crippen LogP contribution in [0, 0.1) is 0 Å². The monoisotopic (exact) mass is 214 g/mol. The van der Waals surface area contributed by atoms with Gasteiger partial charge in [0.2, 0.25) is 0 Å². The second-order valence-corrected chi connectivity index (χ2v) is 2.64. The Hall–Kier alpha value is -1.22. The maximum absolute atomic E-state index is 10.7. The quantitative estimate of drug-likeness (QED) is 0.743. The molecule has 0 aliphatic carbocycles. The van der Waals surface area contributed by atoms with Crippen molar-refractivity contribution >= 4 is 0 Å². The van der Waals surface area contributed by atoms with E-state index in [1.807, 2.05) is 25.1 Å². The van der Waals surface area contributed by atoms with Crippen LogP contribution < -0.4 is 0 Å². The molecule has 0 radical (unpaired) electrons. The van der Waals surface area contributed by atoms with Crippen LogP contribution in [0.15, 0.2) is 42.7 Å². The number of ether oxygens (including phenoxy) is 1. The molecule has 0 saturated carbocycles. The molecule has 0 atom stereocenters. The fourth-order valence-corrected chi connectivity index (χ4v) is 0.828. The predicted molar refractivity (Wildman–Crippen MR) is 58.0 cm³/mol. The van der Waals surface area contributed by atoms with Crippen LogP contribution >= 0.6 is 0 Å². The third kappa shape index (κ3) is 9.09. The molecule has 0 heterocycles. The zero-order valence-corrected chi connectivity index (χ0v) is 8.83. The topological polar surface area (TPSA) is 9.23 Å². The summed E-state index contributed by atoms with van der Waals surface area (Å²) in [6.07, 6.45) is 0.972. The Bertz CT molecular complexity index is 247. The SMILES string of the molecule is CCOCc1ccccc1.FC=CCF. The largest absolute Gasteiger partial charge is 0.377 e. The van der Waals surface area contributed by atoms with Crippen LogP contribution in [0.3, 0.4) is 0 Å². The number of alkyl halides is 1. The Kier molecular flexibility index (Phi) is 9.98. The van der Waals surface area contributed by atoms with E-state index < -0.39 is 6.67 Å². The van der Waals surface area contributed by atoms with E-state index in [1.54, 1.807) is 0 Å². The maximum atomic E-state index is 10.7. The highest BCUT2D eigenvalue weighted by Gasteiger charge is 1.86. The van der Waals surface area contributed by atoms with Crippen molar-refractivity contribution in [1.82, 2.24) is 0 Å². The number of hydrogen-bond acceptors (Lipinski definition) is 1. The standard InChI is InChI=1S/C9H12O.C3H4F2/c1-2-10-8-9-6-4-3-5-7-9;4-2-1-3-5/h3-7H,2,8H2,1H3;1-2H,3H2. The first-order valence-electron chi connectivity index (χ1n) is 4.78. The van der Waals surface area contributed by atoms with E-state index in [1.165, 1.54) is 5.56 Å². The molecule has 0 aromatic heterocycles. The molecule has 1 nitrogen and oxygen atoms in total. The smallest absolute Gasteiger partial charge is 0.110 e. The van der Waals surface area contributed by atoms with Gasteiger partial charge < -0.3 is 4.74 Å².